The number of rotatable bonds is 3. The summed E-state index contributed by atoms with van der Waals surface area (Å²) in [5.74, 6) is 0.101. The Morgan fingerprint density at radius 2 is 2.31 bits per heavy atom. The number of nitrogens with zero attached hydrogens (tertiary/aromatic N) is 1. The van der Waals surface area contributed by atoms with Gasteiger partial charge in [-0.15, -0.1) is 0 Å². The lowest BCUT2D eigenvalue weighted by Crippen LogP contribution is -2.11. The van der Waals surface area contributed by atoms with Crippen LogP contribution in [0.15, 0.2) is 12.1 Å². The Bertz CT molecular complexity index is 452. The molecule has 16 heavy (non-hydrogen) atoms. The van der Waals surface area contributed by atoms with Crippen molar-refractivity contribution in [3.05, 3.63) is 22.7 Å². The van der Waals surface area contributed by atoms with Crippen molar-refractivity contribution in [1.29, 1.82) is 5.26 Å². The van der Waals surface area contributed by atoms with Crippen LogP contribution in [0, 0.1) is 18.3 Å². The van der Waals surface area contributed by atoms with Crippen molar-refractivity contribution in [2.24, 2.45) is 0 Å². The summed E-state index contributed by atoms with van der Waals surface area (Å²) in [6, 6.07) is 5.10. The minimum absolute atomic E-state index is 0.190. The average molecular weight is 239 g/mol. The first-order valence-corrected chi connectivity index (χ1v) is 4.97. The fourth-order valence-electron chi connectivity index (χ4n) is 1.20. The van der Waals surface area contributed by atoms with Gasteiger partial charge in [0.1, 0.15) is 12.2 Å². The molecule has 0 aromatic heterocycles. The van der Waals surface area contributed by atoms with Crippen LogP contribution in [0.1, 0.15) is 12.0 Å². The van der Waals surface area contributed by atoms with Gasteiger partial charge >= 0.3 is 0 Å². The van der Waals surface area contributed by atoms with Crippen molar-refractivity contribution >= 4 is 23.2 Å². The van der Waals surface area contributed by atoms with Gasteiger partial charge in [-0.2, -0.15) is 5.26 Å². The molecule has 5 heteroatoms. The first-order chi connectivity index (χ1) is 7.58. The molecule has 1 N–H and O–H groups in total. The average Bonchev–Trinajstić information content (AvgIpc) is 2.23. The van der Waals surface area contributed by atoms with Crippen LogP contribution in [0.25, 0.3) is 0 Å². The molecule has 0 atom stereocenters. The largest absolute Gasteiger partial charge is 0.495 e. The molecule has 0 radical (unpaired) electrons. The summed E-state index contributed by atoms with van der Waals surface area (Å²) in [7, 11) is 1.49. The Morgan fingerprint density at radius 1 is 1.62 bits per heavy atom. The monoisotopic (exact) mass is 238 g/mol. The van der Waals surface area contributed by atoms with Gasteiger partial charge in [-0.25, -0.2) is 0 Å². The summed E-state index contributed by atoms with van der Waals surface area (Å²) in [6.07, 6.45) is -0.190. The van der Waals surface area contributed by atoms with E-state index in [1.807, 2.05) is 6.92 Å². The SMILES string of the molecule is COc1cc(Cl)c(C)cc1NC(=O)CC#N. The minimum atomic E-state index is -0.373. The number of amides is 1. The summed E-state index contributed by atoms with van der Waals surface area (Å²) in [5, 5.41) is 11.5. The van der Waals surface area contributed by atoms with Crippen LogP contribution < -0.4 is 10.1 Å². The number of nitrogens with one attached hydrogen (secondary N) is 1. The Kier molecular flexibility index (Phi) is 4.15. The number of hydrogen-bond acceptors (Lipinski definition) is 3. The van der Waals surface area contributed by atoms with E-state index in [0.29, 0.717) is 16.5 Å². The lowest BCUT2D eigenvalue weighted by atomic mass is 10.2. The molecule has 0 heterocycles. The molecule has 0 bridgehead atoms. The number of ether oxygens (including phenoxy) is 1. The molecule has 4 nitrogen and oxygen atoms in total. The second-order valence-corrected chi connectivity index (χ2v) is 3.59. The lowest BCUT2D eigenvalue weighted by molar-refractivity contribution is -0.115. The zero-order chi connectivity index (χ0) is 12.1. The summed E-state index contributed by atoms with van der Waals surface area (Å²) >= 11 is 5.92. The van der Waals surface area contributed by atoms with Crippen LogP contribution >= 0.6 is 11.6 Å². The van der Waals surface area contributed by atoms with E-state index in [4.69, 9.17) is 21.6 Å². The van der Waals surface area contributed by atoms with Gasteiger partial charge in [0.25, 0.3) is 0 Å². The Labute approximate surface area is 98.8 Å². The van der Waals surface area contributed by atoms with E-state index < -0.39 is 0 Å². The molecule has 0 spiro atoms. The second-order valence-electron chi connectivity index (χ2n) is 3.18. The van der Waals surface area contributed by atoms with Gasteiger partial charge in [0.05, 0.1) is 18.9 Å². The third-order valence-corrected chi connectivity index (χ3v) is 2.40. The number of benzene rings is 1. The highest BCUT2D eigenvalue weighted by Crippen LogP contribution is 2.30. The maximum absolute atomic E-state index is 11.3. The zero-order valence-corrected chi connectivity index (χ0v) is 9.76. The molecule has 1 amide bonds. The molecular weight excluding hydrogens is 228 g/mol. The molecule has 84 valence electrons. The predicted molar refractivity (Wildman–Crippen MR) is 61.6 cm³/mol. The quantitative estimate of drug-likeness (QED) is 0.880. The number of hydrogen-bond donors (Lipinski definition) is 1. The van der Waals surface area contributed by atoms with Gasteiger partial charge < -0.3 is 10.1 Å². The minimum Gasteiger partial charge on any atom is -0.495 e. The summed E-state index contributed by atoms with van der Waals surface area (Å²) in [5.41, 5.74) is 1.35. The van der Waals surface area contributed by atoms with Crippen molar-refractivity contribution in [2.75, 3.05) is 12.4 Å². The summed E-state index contributed by atoms with van der Waals surface area (Å²) in [6.45, 7) is 1.82. The van der Waals surface area contributed by atoms with Crippen molar-refractivity contribution in [2.45, 2.75) is 13.3 Å². The predicted octanol–water partition coefficient (Wildman–Crippen LogP) is 2.51. The molecule has 1 aromatic rings. The van der Waals surface area contributed by atoms with Gasteiger partial charge in [0.2, 0.25) is 5.91 Å². The zero-order valence-electron chi connectivity index (χ0n) is 9.00. The molecular formula is C11H11ClN2O2. The van der Waals surface area contributed by atoms with Crippen LogP contribution in [0.2, 0.25) is 5.02 Å². The maximum Gasteiger partial charge on any atom is 0.238 e. The van der Waals surface area contributed by atoms with E-state index in [0.717, 1.165) is 5.56 Å². The smallest absolute Gasteiger partial charge is 0.238 e. The van der Waals surface area contributed by atoms with Gasteiger partial charge in [-0.1, -0.05) is 11.6 Å². The molecule has 0 aliphatic carbocycles. The van der Waals surface area contributed by atoms with E-state index in [9.17, 15) is 4.79 Å². The van der Waals surface area contributed by atoms with Crippen molar-refractivity contribution in [3.63, 3.8) is 0 Å². The standard InChI is InChI=1S/C11H11ClN2O2/c1-7-5-9(14-11(15)3-4-13)10(16-2)6-8(7)12/h5-6H,3H2,1-2H3,(H,14,15). The van der Waals surface area contributed by atoms with E-state index in [1.165, 1.54) is 7.11 Å². The van der Waals surface area contributed by atoms with Crippen LogP contribution in [-0.4, -0.2) is 13.0 Å². The van der Waals surface area contributed by atoms with E-state index in [2.05, 4.69) is 5.32 Å². The third kappa shape index (κ3) is 2.88. The number of halogens is 1. The van der Waals surface area contributed by atoms with Crippen molar-refractivity contribution in [1.82, 2.24) is 0 Å². The van der Waals surface area contributed by atoms with Crippen LogP contribution in [0.3, 0.4) is 0 Å². The molecule has 0 saturated heterocycles. The van der Waals surface area contributed by atoms with Crippen LogP contribution in [0.4, 0.5) is 5.69 Å². The molecule has 0 fully saturated rings. The maximum atomic E-state index is 11.3. The lowest BCUT2D eigenvalue weighted by Gasteiger charge is -2.11. The number of nitriles is 1. The molecule has 0 saturated carbocycles. The van der Waals surface area contributed by atoms with E-state index in [-0.39, 0.29) is 12.3 Å². The number of carbonyl (C=O) groups excluding carboxylic acids is 1. The number of anilines is 1. The summed E-state index contributed by atoms with van der Waals surface area (Å²) in [4.78, 5) is 11.3. The normalized spacial score (nSPS) is 9.38. The Hall–Kier alpha value is -1.73. The highest BCUT2D eigenvalue weighted by molar-refractivity contribution is 6.31. The van der Waals surface area contributed by atoms with E-state index in [1.54, 1.807) is 18.2 Å². The molecule has 0 unspecified atom stereocenters. The highest BCUT2D eigenvalue weighted by atomic mass is 35.5. The topological polar surface area (TPSA) is 62.1 Å². The van der Waals surface area contributed by atoms with Crippen molar-refractivity contribution < 1.29 is 9.53 Å². The highest BCUT2D eigenvalue weighted by Gasteiger charge is 2.09. The van der Waals surface area contributed by atoms with Gasteiger partial charge in [0.15, 0.2) is 0 Å². The third-order valence-electron chi connectivity index (χ3n) is 1.99. The molecule has 0 aliphatic heterocycles. The second kappa shape index (κ2) is 5.38. The Morgan fingerprint density at radius 3 is 2.88 bits per heavy atom. The summed E-state index contributed by atoms with van der Waals surface area (Å²) < 4.78 is 5.08. The first-order valence-electron chi connectivity index (χ1n) is 4.59. The first kappa shape index (κ1) is 12.3. The van der Waals surface area contributed by atoms with Crippen LogP contribution in [0.5, 0.6) is 5.75 Å². The van der Waals surface area contributed by atoms with Gasteiger partial charge in [-0.3, -0.25) is 4.79 Å². The molecule has 0 aliphatic rings. The van der Waals surface area contributed by atoms with E-state index >= 15 is 0 Å². The molecule has 1 aromatic carbocycles. The number of carbonyl (C=O) groups is 1. The number of aryl methyl sites for hydroxylation is 1. The van der Waals surface area contributed by atoms with Crippen LogP contribution in [-0.2, 0) is 4.79 Å². The van der Waals surface area contributed by atoms with Gasteiger partial charge in [0, 0.05) is 11.1 Å². The fraction of sp³-hybridized carbons (Fsp3) is 0.273. The number of methoxy groups -OCH3 is 1. The molecule has 1 rings (SSSR count). The fourth-order valence-corrected chi connectivity index (χ4v) is 1.35. The Balaban J connectivity index is 2.99. The van der Waals surface area contributed by atoms with Crippen molar-refractivity contribution in [3.8, 4) is 11.8 Å². The van der Waals surface area contributed by atoms with Gasteiger partial charge in [-0.05, 0) is 18.6 Å².